The minimum atomic E-state index is -0.533. The van der Waals surface area contributed by atoms with Crippen LogP contribution in [0.3, 0.4) is 0 Å². The third-order valence-electron chi connectivity index (χ3n) is 4.33. The van der Waals surface area contributed by atoms with Gasteiger partial charge in [0.1, 0.15) is 6.61 Å². The lowest BCUT2D eigenvalue weighted by molar-refractivity contribution is -0.122. The zero-order valence-electron chi connectivity index (χ0n) is 14.8. The summed E-state index contributed by atoms with van der Waals surface area (Å²) in [5.74, 6) is 0.147. The van der Waals surface area contributed by atoms with Crippen LogP contribution in [0.4, 0.5) is 4.79 Å². The maximum atomic E-state index is 11.8. The number of cyclic esters (lactones) is 1. The first-order valence-electron chi connectivity index (χ1n) is 8.98. The van der Waals surface area contributed by atoms with E-state index in [0.717, 1.165) is 37.2 Å². The van der Waals surface area contributed by atoms with Gasteiger partial charge >= 0.3 is 6.09 Å². The smallest absolute Gasteiger partial charge is 0.416 e. The first-order valence-corrected chi connectivity index (χ1v) is 8.98. The van der Waals surface area contributed by atoms with E-state index in [0.29, 0.717) is 25.2 Å². The molecule has 1 saturated heterocycles. The van der Waals surface area contributed by atoms with Crippen LogP contribution >= 0.6 is 0 Å². The van der Waals surface area contributed by atoms with Crippen LogP contribution in [0.25, 0.3) is 0 Å². The third-order valence-corrected chi connectivity index (χ3v) is 4.33. The Kier molecular flexibility index (Phi) is 8.19. The highest BCUT2D eigenvalue weighted by molar-refractivity contribution is 5.99. The molecule has 136 valence electrons. The molecule has 5 nitrogen and oxygen atoms in total. The highest BCUT2D eigenvalue weighted by Gasteiger charge is 2.27. The van der Waals surface area contributed by atoms with Crippen molar-refractivity contribution in [2.24, 2.45) is 5.92 Å². The number of imide groups is 1. The quantitative estimate of drug-likeness (QED) is 0.779. The molecule has 2 fully saturated rings. The van der Waals surface area contributed by atoms with Crippen molar-refractivity contribution in [2.45, 2.75) is 38.7 Å². The summed E-state index contributed by atoms with van der Waals surface area (Å²) in [6.45, 7) is 3.44. The molecular formula is C20H27NO4. The molecule has 1 aliphatic heterocycles. The van der Waals surface area contributed by atoms with Crippen LogP contribution in [0.5, 0.6) is 0 Å². The second-order valence-corrected chi connectivity index (χ2v) is 6.11. The van der Waals surface area contributed by atoms with Crippen LogP contribution in [0.2, 0.25) is 0 Å². The molecule has 3 rings (SSSR count). The standard InChI is InChI=1S/C14H21NO4.C6H6/c1-2-18-12-6-3-11(4-7-12)5-8-13(16)15-9-10-19-14(15)17;1-2-4-6-5-3-1/h5,8,11-12H,2-4,6-7,9-10H2,1H3;1-6H/b8-5+;. The Labute approximate surface area is 149 Å². The number of hydrogen-bond acceptors (Lipinski definition) is 4. The monoisotopic (exact) mass is 345 g/mol. The molecule has 1 aromatic carbocycles. The van der Waals surface area contributed by atoms with Crippen molar-refractivity contribution < 1.29 is 19.1 Å². The van der Waals surface area contributed by atoms with Crippen LogP contribution in [0.15, 0.2) is 48.6 Å². The molecule has 0 atom stereocenters. The molecule has 25 heavy (non-hydrogen) atoms. The van der Waals surface area contributed by atoms with Crippen LogP contribution < -0.4 is 0 Å². The zero-order chi connectivity index (χ0) is 17.9. The summed E-state index contributed by atoms with van der Waals surface area (Å²) >= 11 is 0. The summed E-state index contributed by atoms with van der Waals surface area (Å²) in [6, 6.07) is 12.0. The normalized spacial score (nSPS) is 23.1. The van der Waals surface area contributed by atoms with Crippen molar-refractivity contribution in [1.29, 1.82) is 0 Å². The Balaban J connectivity index is 0.000000316. The predicted octanol–water partition coefficient (Wildman–Crippen LogP) is 3.80. The van der Waals surface area contributed by atoms with E-state index in [1.165, 1.54) is 6.08 Å². The highest BCUT2D eigenvalue weighted by atomic mass is 16.6. The van der Waals surface area contributed by atoms with E-state index in [4.69, 9.17) is 9.47 Å². The summed E-state index contributed by atoms with van der Waals surface area (Å²) in [5, 5.41) is 0. The van der Waals surface area contributed by atoms with Gasteiger partial charge in [0.05, 0.1) is 12.6 Å². The molecular weight excluding hydrogens is 318 g/mol. The number of allylic oxidation sites excluding steroid dienone is 1. The van der Waals surface area contributed by atoms with Crippen LogP contribution in [-0.2, 0) is 14.3 Å². The van der Waals surface area contributed by atoms with E-state index < -0.39 is 6.09 Å². The van der Waals surface area contributed by atoms with Gasteiger partial charge in [0.25, 0.3) is 5.91 Å². The Morgan fingerprint density at radius 2 is 1.76 bits per heavy atom. The number of hydrogen-bond donors (Lipinski definition) is 0. The van der Waals surface area contributed by atoms with Crippen molar-refractivity contribution in [3.05, 3.63) is 48.6 Å². The maximum absolute atomic E-state index is 11.8. The molecule has 2 aliphatic rings. The van der Waals surface area contributed by atoms with Crippen LogP contribution in [0.1, 0.15) is 32.6 Å². The summed E-state index contributed by atoms with van der Waals surface area (Å²) in [7, 11) is 0. The second kappa shape index (κ2) is 10.7. The van der Waals surface area contributed by atoms with E-state index in [9.17, 15) is 9.59 Å². The van der Waals surface area contributed by atoms with E-state index in [1.54, 1.807) is 0 Å². The first kappa shape index (κ1) is 19.2. The zero-order valence-corrected chi connectivity index (χ0v) is 14.8. The molecule has 0 aromatic heterocycles. The molecule has 1 heterocycles. The minimum absolute atomic E-state index is 0.269. The number of amides is 2. The van der Waals surface area contributed by atoms with Crippen molar-refractivity contribution in [3.63, 3.8) is 0 Å². The first-order chi connectivity index (χ1) is 12.2. The molecule has 2 amide bonds. The average molecular weight is 345 g/mol. The van der Waals surface area contributed by atoms with E-state index >= 15 is 0 Å². The second-order valence-electron chi connectivity index (χ2n) is 6.11. The van der Waals surface area contributed by atoms with Crippen LogP contribution in [-0.4, -0.2) is 42.8 Å². The predicted molar refractivity (Wildman–Crippen MR) is 96.0 cm³/mol. The van der Waals surface area contributed by atoms with Gasteiger partial charge in [0, 0.05) is 6.61 Å². The van der Waals surface area contributed by atoms with Crippen molar-refractivity contribution in [3.8, 4) is 0 Å². The van der Waals surface area contributed by atoms with Gasteiger partial charge in [-0.1, -0.05) is 42.5 Å². The van der Waals surface area contributed by atoms with Gasteiger partial charge < -0.3 is 9.47 Å². The lowest BCUT2D eigenvalue weighted by Crippen LogP contribution is -2.30. The molecule has 1 aliphatic carbocycles. The van der Waals surface area contributed by atoms with Crippen molar-refractivity contribution >= 4 is 12.0 Å². The molecule has 0 radical (unpaired) electrons. The number of nitrogens with zero attached hydrogens (tertiary/aromatic N) is 1. The largest absolute Gasteiger partial charge is 0.447 e. The fraction of sp³-hybridized carbons (Fsp3) is 0.500. The number of rotatable bonds is 4. The highest BCUT2D eigenvalue weighted by Crippen LogP contribution is 2.27. The van der Waals surface area contributed by atoms with Gasteiger partial charge in [0.2, 0.25) is 0 Å². The van der Waals surface area contributed by atoms with E-state index in [1.807, 2.05) is 49.4 Å². The Morgan fingerprint density at radius 1 is 1.16 bits per heavy atom. The van der Waals surface area contributed by atoms with Gasteiger partial charge in [-0.3, -0.25) is 4.79 Å². The molecule has 0 bridgehead atoms. The molecule has 0 spiro atoms. The minimum Gasteiger partial charge on any atom is -0.447 e. The molecule has 1 aromatic rings. The topological polar surface area (TPSA) is 55.8 Å². The summed E-state index contributed by atoms with van der Waals surface area (Å²) < 4.78 is 10.3. The van der Waals surface area contributed by atoms with E-state index in [2.05, 4.69) is 0 Å². The van der Waals surface area contributed by atoms with Crippen molar-refractivity contribution in [1.82, 2.24) is 4.90 Å². The van der Waals surface area contributed by atoms with Crippen LogP contribution in [0, 0.1) is 5.92 Å². The van der Waals surface area contributed by atoms with Gasteiger partial charge in [-0.05, 0) is 44.6 Å². The summed E-state index contributed by atoms with van der Waals surface area (Å²) in [4.78, 5) is 24.1. The fourth-order valence-corrected chi connectivity index (χ4v) is 2.97. The van der Waals surface area contributed by atoms with Gasteiger partial charge in [0.15, 0.2) is 0 Å². The van der Waals surface area contributed by atoms with Crippen molar-refractivity contribution in [2.75, 3.05) is 19.8 Å². The number of benzene rings is 1. The number of carbonyl (C=O) groups excluding carboxylic acids is 2. The molecule has 0 unspecified atom stereocenters. The third kappa shape index (κ3) is 6.70. The molecule has 0 N–H and O–H groups in total. The Morgan fingerprint density at radius 3 is 2.24 bits per heavy atom. The molecule has 5 heteroatoms. The molecule has 1 saturated carbocycles. The van der Waals surface area contributed by atoms with E-state index in [-0.39, 0.29) is 5.91 Å². The van der Waals surface area contributed by atoms with Gasteiger partial charge in [-0.15, -0.1) is 0 Å². The number of ether oxygens (including phenoxy) is 2. The lowest BCUT2D eigenvalue weighted by atomic mass is 9.87. The lowest BCUT2D eigenvalue weighted by Gasteiger charge is -2.26. The fourth-order valence-electron chi connectivity index (χ4n) is 2.97. The van der Waals surface area contributed by atoms with Gasteiger partial charge in [-0.2, -0.15) is 0 Å². The number of carbonyl (C=O) groups is 2. The Hall–Kier alpha value is -2.14. The van der Waals surface area contributed by atoms with Gasteiger partial charge in [-0.25, -0.2) is 9.69 Å². The summed E-state index contributed by atoms with van der Waals surface area (Å²) in [6.07, 6.45) is 7.45. The maximum Gasteiger partial charge on any atom is 0.416 e. The Bertz CT molecular complexity index is 523. The summed E-state index contributed by atoms with van der Waals surface area (Å²) in [5.41, 5.74) is 0. The SMILES string of the molecule is CCOC1CCC(/C=C/C(=O)N2CCOC2=O)CC1.c1ccccc1. The average Bonchev–Trinajstić information content (AvgIpc) is 3.09.